The molecule has 87 heavy (non-hydrogen) atoms. The Balaban J connectivity index is 2.74. The maximum Gasteiger partial charge on any atom is 0.335 e. The monoisotopic (exact) mass is 1210 g/mol. The van der Waals surface area contributed by atoms with Crippen LogP contribution in [0.15, 0.2) is 146 Å². The van der Waals surface area contributed by atoms with Crippen LogP contribution in [0.25, 0.3) is 0 Å². The number of carbonyl (C=O) groups excluding carboxylic acids is 3. The van der Waals surface area contributed by atoms with Gasteiger partial charge in [-0.2, -0.15) is 0 Å². The molecule has 12 heteroatoms. The average molecular weight is 1210 g/mol. The summed E-state index contributed by atoms with van der Waals surface area (Å²) in [6.07, 6.45) is 75.4. The lowest BCUT2D eigenvalue weighted by Crippen LogP contribution is -2.61. The van der Waals surface area contributed by atoms with E-state index in [4.69, 9.17) is 23.7 Å². The maximum absolute atomic E-state index is 13.2. The van der Waals surface area contributed by atoms with Crippen LogP contribution in [0.4, 0.5) is 0 Å². The Kier molecular flexibility index (Phi) is 55.7. The second-order valence-corrected chi connectivity index (χ2v) is 22.3. The van der Waals surface area contributed by atoms with E-state index in [1.807, 2.05) is 30.4 Å². The number of rotatable bonds is 56. The lowest BCUT2D eigenvalue weighted by Gasteiger charge is -2.40. The van der Waals surface area contributed by atoms with E-state index in [2.05, 4.69) is 136 Å². The van der Waals surface area contributed by atoms with Gasteiger partial charge in [0.05, 0.1) is 6.61 Å². The van der Waals surface area contributed by atoms with Crippen LogP contribution in [0.5, 0.6) is 0 Å². The molecule has 0 saturated carbocycles. The Morgan fingerprint density at radius 2 is 0.724 bits per heavy atom. The zero-order chi connectivity index (χ0) is 63.1. The number of hydrogen-bond donors (Lipinski definition) is 3. The molecule has 0 aromatic carbocycles. The fourth-order valence-corrected chi connectivity index (χ4v) is 9.36. The molecule has 6 unspecified atom stereocenters. The predicted molar refractivity (Wildman–Crippen MR) is 358 cm³/mol. The fourth-order valence-electron chi connectivity index (χ4n) is 9.36. The molecule has 3 N–H and O–H groups in total. The van der Waals surface area contributed by atoms with Gasteiger partial charge in [0.25, 0.3) is 0 Å². The third-order valence-electron chi connectivity index (χ3n) is 14.4. The Hall–Kier alpha value is -5.40. The number of carbonyl (C=O) groups is 4. The molecule has 1 aliphatic rings. The number of hydrogen-bond acceptors (Lipinski definition) is 11. The van der Waals surface area contributed by atoms with Crippen molar-refractivity contribution in [2.45, 2.75) is 289 Å². The van der Waals surface area contributed by atoms with Crippen molar-refractivity contribution in [2.24, 2.45) is 0 Å². The fraction of sp³-hybridized carbons (Fsp3) is 0.627. The number of esters is 3. The molecular weight excluding hydrogens is 1090 g/mol. The van der Waals surface area contributed by atoms with Gasteiger partial charge in [-0.25, -0.2) is 4.79 Å². The van der Waals surface area contributed by atoms with E-state index in [-0.39, 0.29) is 25.9 Å². The summed E-state index contributed by atoms with van der Waals surface area (Å²) < 4.78 is 28.4. The van der Waals surface area contributed by atoms with Gasteiger partial charge < -0.3 is 39.0 Å². The highest BCUT2D eigenvalue weighted by Crippen LogP contribution is 2.26. The van der Waals surface area contributed by atoms with E-state index in [0.717, 1.165) is 89.9 Å². The molecular formula is C75H118O12. The first kappa shape index (κ1) is 79.6. The van der Waals surface area contributed by atoms with Crippen LogP contribution in [0.1, 0.15) is 252 Å². The van der Waals surface area contributed by atoms with Gasteiger partial charge in [0.1, 0.15) is 18.8 Å². The van der Waals surface area contributed by atoms with Gasteiger partial charge in [-0.15, -0.1) is 0 Å². The second-order valence-electron chi connectivity index (χ2n) is 22.3. The second kappa shape index (κ2) is 60.9. The van der Waals surface area contributed by atoms with Crippen molar-refractivity contribution >= 4 is 23.9 Å². The molecule has 1 rings (SSSR count). The molecule has 1 fully saturated rings. The largest absolute Gasteiger partial charge is 0.479 e. The van der Waals surface area contributed by atoms with Gasteiger partial charge >= 0.3 is 23.9 Å². The standard InChI is InChI=1S/C75H118O12/c1-4-7-10-13-16-19-22-25-28-31-34-37-40-43-46-49-52-55-58-61-67(76)83-64-66(85-68(77)62-59-56-53-50-47-44-41-38-35-32-29-26-23-20-17-14-11-8-5-2)65-84-75-73(71(80)70(79)72(87-75)74(81)82)86-69(78)63-60-57-54-51-48-45-42-39-36-33-30-27-24-21-18-15-12-9-6-3/h7,9-10,12,16,18-19,21,25,27-28,30,34,36-37,39,43,45-46,48,52,54-55,57,66,70-73,75,79-80H,4-6,8,11,13-15,17,20,22-24,26,29,31-33,35,38,40-42,44,47,49-51,53,56,58-65H2,1-3H3,(H,81,82)/b10-7-,12-9-,19-16-,21-18-,28-25-,30-27-,37-34-,39-36-,46-43-,48-45-,55-52-,57-54-. The number of aliphatic carboxylic acids is 1. The van der Waals surface area contributed by atoms with E-state index < -0.39 is 67.3 Å². The van der Waals surface area contributed by atoms with Crippen LogP contribution < -0.4 is 0 Å². The molecule has 0 spiro atoms. The Bertz CT molecular complexity index is 2070. The van der Waals surface area contributed by atoms with Crippen molar-refractivity contribution in [1.29, 1.82) is 0 Å². The van der Waals surface area contributed by atoms with Gasteiger partial charge in [-0.05, 0) is 96.3 Å². The minimum atomic E-state index is -1.95. The Morgan fingerprint density at radius 3 is 1.08 bits per heavy atom. The first-order chi connectivity index (χ1) is 42.6. The van der Waals surface area contributed by atoms with Gasteiger partial charge in [0.2, 0.25) is 0 Å². The lowest BCUT2D eigenvalue weighted by atomic mass is 9.98. The lowest BCUT2D eigenvalue weighted by molar-refractivity contribution is -0.301. The molecule has 490 valence electrons. The molecule has 1 saturated heterocycles. The highest BCUT2D eigenvalue weighted by molar-refractivity contribution is 5.74. The summed E-state index contributed by atoms with van der Waals surface area (Å²) in [6.45, 7) is 5.70. The molecule has 0 aromatic rings. The topological polar surface area (TPSA) is 175 Å². The molecule has 12 nitrogen and oxygen atoms in total. The highest BCUT2D eigenvalue weighted by Gasteiger charge is 2.50. The third kappa shape index (κ3) is 50.2. The summed E-state index contributed by atoms with van der Waals surface area (Å²) in [6, 6.07) is 0. The van der Waals surface area contributed by atoms with E-state index in [0.29, 0.717) is 25.7 Å². The average Bonchev–Trinajstić information content (AvgIpc) is 2.56. The highest BCUT2D eigenvalue weighted by atomic mass is 16.7. The van der Waals surface area contributed by atoms with Gasteiger partial charge in [-0.3, -0.25) is 14.4 Å². The number of aliphatic hydroxyl groups excluding tert-OH is 2. The van der Waals surface area contributed by atoms with E-state index in [1.165, 1.54) is 96.3 Å². The van der Waals surface area contributed by atoms with E-state index >= 15 is 0 Å². The van der Waals surface area contributed by atoms with Crippen LogP contribution >= 0.6 is 0 Å². The van der Waals surface area contributed by atoms with Crippen molar-refractivity contribution in [3.8, 4) is 0 Å². The molecule has 1 heterocycles. The SMILES string of the molecule is CC/C=C\C/C=C\C/C=C\C/C=C\C/C=C\C/C=C\CCC(=O)OCC(COC1OC(C(=O)O)C(O)C(O)C1OC(=O)CC/C=C\C/C=C\C/C=C\C/C=C\C/C=C\C/C=C\CC)OC(=O)CCCCCCCCCCCCCCCCCCCCC. The summed E-state index contributed by atoms with van der Waals surface area (Å²) in [5.41, 5.74) is 0. The van der Waals surface area contributed by atoms with Gasteiger partial charge in [0, 0.05) is 19.3 Å². The molecule has 6 atom stereocenters. The number of carboxylic acids is 1. The molecule has 0 amide bonds. The zero-order valence-electron chi connectivity index (χ0n) is 54.2. The van der Waals surface area contributed by atoms with Crippen LogP contribution in [-0.2, 0) is 42.9 Å². The Morgan fingerprint density at radius 1 is 0.391 bits per heavy atom. The van der Waals surface area contributed by atoms with Crippen molar-refractivity contribution in [2.75, 3.05) is 13.2 Å². The third-order valence-corrected chi connectivity index (χ3v) is 14.4. The number of aliphatic hydroxyl groups is 2. The van der Waals surface area contributed by atoms with Crippen molar-refractivity contribution in [3.63, 3.8) is 0 Å². The van der Waals surface area contributed by atoms with Crippen LogP contribution in [0.3, 0.4) is 0 Å². The Labute approximate surface area is 527 Å². The van der Waals surface area contributed by atoms with Crippen LogP contribution in [0.2, 0.25) is 0 Å². The summed E-state index contributed by atoms with van der Waals surface area (Å²) in [5, 5.41) is 31.6. The number of ether oxygens (including phenoxy) is 5. The summed E-state index contributed by atoms with van der Waals surface area (Å²) in [5.74, 6) is -3.35. The molecule has 0 radical (unpaired) electrons. The number of unbranched alkanes of at least 4 members (excludes halogenated alkanes) is 18. The maximum atomic E-state index is 13.2. The first-order valence-electron chi connectivity index (χ1n) is 33.8. The summed E-state index contributed by atoms with van der Waals surface area (Å²) in [4.78, 5) is 51.4. The van der Waals surface area contributed by atoms with Crippen molar-refractivity contribution in [3.05, 3.63) is 146 Å². The minimum absolute atomic E-state index is 0.0786. The molecule has 1 aliphatic heterocycles. The smallest absolute Gasteiger partial charge is 0.335 e. The predicted octanol–water partition coefficient (Wildman–Crippen LogP) is 18.7. The molecule has 0 aliphatic carbocycles. The van der Waals surface area contributed by atoms with Gasteiger partial charge in [0.15, 0.2) is 24.6 Å². The van der Waals surface area contributed by atoms with Crippen LogP contribution in [0, 0.1) is 0 Å². The minimum Gasteiger partial charge on any atom is -0.479 e. The number of allylic oxidation sites excluding steroid dienone is 24. The molecule has 0 bridgehead atoms. The summed E-state index contributed by atoms with van der Waals surface area (Å²) >= 11 is 0. The van der Waals surface area contributed by atoms with Crippen LogP contribution in [-0.4, -0.2) is 89.2 Å². The zero-order valence-corrected chi connectivity index (χ0v) is 54.2. The molecule has 0 aromatic heterocycles. The normalized spacial score (nSPS) is 18.3. The summed E-state index contributed by atoms with van der Waals surface area (Å²) in [7, 11) is 0. The van der Waals surface area contributed by atoms with E-state index in [1.54, 1.807) is 0 Å². The van der Waals surface area contributed by atoms with Crippen molar-refractivity contribution in [1.82, 2.24) is 0 Å². The number of carboxylic acid groups (broad SMARTS) is 1. The first-order valence-corrected chi connectivity index (χ1v) is 33.8. The van der Waals surface area contributed by atoms with Gasteiger partial charge in [-0.1, -0.05) is 282 Å². The van der Waals surface area contributed by atoms with E-state index in [9.17, 15) is 34.5 Å². The quantitative estimate of drug-likeness (QED) is 0.0228. The van der Waals surface area contributed by atoms with Crippen molar-refractivity contribution < 1.29 is 58.2 Å².